The Morgan fingerprint density at radius 3 is 2.59 bits per heavy atom. The maximum atomic E-state index is 11.8. The van der Waals surface area contributed by atoms with Crippen LogP contribution in [0.3, 0.4) is 0 Å². The predicted octanol–water partition coefficient (Wildman–Crippen LogP) is 3.14. The quantitative estimate of drug-likeness (QED) is 0.647. The van der Waals surface area contributed by atoms with Crippen LogP contribution in [0.5, 0.6) is 0 Å². The first-order chi connectivity index (χ1) is 7.94. The molecule has 0 saturated carbocycles. The van der Waals surface area contributed by atoms with Crippen molar-refractivity contribution < 1.29 is 8.42 Å². The zero-order valence-electron chi connectivity index (χ0n) is 9.95. The van der Waals surface area contributed by atoms with Gasteiger partial charge in [-0.2, -0.15) is 0 Å². The summed E-state index contributed by atoms with van der Waals surface area (Å²) < 4.78 is 24.4. The molecule has 1 aromatic rings. The Kier molecular flexibility index (Phi) is 5.46. The number of rotatable bonds is 6. The molecule has 0 radical (unpaired) electrons. The lowest BCUT2D eigenvalue weighted by molar-refractivity contribution is 0.590. The minimum atomic E-state index is -3.01. The second-order valence-electron chi connectivity index (χ2n) is 4.16. The zero-order valence-corrected chi connectivity index (χ0v) is 12.4. The van der Waals surface area contributed by atoms with E-state index < -0.39 is 9.84 Å². The van der Waals surface area contributed by atoms with E-state index in [0.29, 0.717) is 5.69 Å². The molecule has 1 aromatic carbocycles. The lowest BCUT2D eigenvalue weighted by Crippen LogP contribution is -2.09. The summed E-state index contributed by atoms with van der Waals surface area (Å²) in [4.78, 5) is 0. The van der Waals surface area contributed by atoms with Gasteiger partial charge in [-0.3, -0.25) is 0 Å². The molecule has 0 spiro atoms. The summed E-state index contributed by atoms with van der Waals surface area (Å²) in [6, 6.07) is 5.28. The third-order valence-electron chi connectivity index (χ3n) is 2.51. The monoisotopic (exact) mass is 319 g/mol. The number of hydrogen-bond acceptors (Lipinski definition) is 3. The van der Waals surface area contributed by atoms with Crippen LogP contribution in [0.15, 0.2) is 22.7 Å². The summed E-state index contributed by atoms with van der Waals surface area (Å²) in [5, 5.41) is 0. The van der Waals surface area contributed by atoms with E-state index in [4.69, 9.17) is 5.73 Å². The molecule has 3 nitrogen and oxygen atoms in total. The summed E-state index contributed by atoms with van der Waals surface area (Å²) >= 11 is 3.29. The molecule has 0 aliphatic rings. The van der Waals surface area contributed by atoms with Crippen molar-refractivity contribution in [1.82, 2.24) is 0 Å². The van der Waals surface area contributed by atoms with E-state index >= 15 is 0 Å². The van der Waals surface area contributed by atoms with Gasteiger partial charge < -0.3 is 5.73 Å². The number of sulfone groups is 1. The Bertz CT molecular complexity index is 471. The van der Waals surface area contributed by atoms with Crippen LogP contribution >= 0.6 is 15.9 Å². The molecule has 0 unspecified atom stereocenters. The number of hydrogen-bond donors (Lipinski definition) is 1. The topological polar surface area (TPSA) is 60.2 Å². The lowest BCUT2D eigenvalue weighted by atomic mass is 10.2. The molecular formula is C12H18BrNO2S. The van der Waals surface area contributed by atoms with Crippen LogP contribution in [-0.4, -0.2) is 14.2 Å². The third kappa shape index (κ3) is 5.08. The lowest BCUT2D eigenvalue weighted by Gasteiger charge is -2.06. The van der Waals surface area contributed by atoms with Gasteiger partial charge in [-0.25, -0.2) is 8.42 Å². The van der Waals surface area contributed by atoms with Gasteiger partial charge in [0.2, 0.25) is 0 Å². The maximum Gasteiger partial charge on any atom is 0.154 e. The third-order valence-corrected chi connectivity index (χ3v) is 4.91. The molecule has 5 heteroatoms. The Hall–Kier alpha value is -0.550. The molecule has 0 fully saturated rings. The number of unbranched alkanes of at least 4 members (excludes halogenated alkanes) is 2. The zero-order chi connectivity index (χ0) is 12.9. The van der Waals surface area contributed by atoms with E-state index in [1.54, 1.807) is 18.2 Å². The molecule has 0 aliphatic carbocycles. The molecule has 0 heterocycles. The van der Waals surface area contributed by atoms with Gasteiger partial charge in [0, 0.05) is 10.2 Å². The average molecular weight is 320 g/mol. The highest BCUT2D eigenvalue weighted by Gasteiger charge is 2.12. The normalized spacial score (nSPS) is 11.6. The molecule has 0 aliphatic heterocycles. The van der Waals surface area contributed by atoms with E-state index in [1.807, 2.05) is 0 Å². The first-order valence-corrected chi connectivity index (χ1v) is 8.30. The minimum Gasteiger partial charge on any atom is -0.398 e. The van der Waals surface area contributed by atoms with E-state index in [0.717, 1.165) is 29.3 Å². The van der Waals surface area contributed by atoms with Crippen LogP contribution in [0.2, 0.25) is 0 Å². The molecule has 2 N–H and O–H groups in total. The van der Waals surface area contributed by atoms with Crippen molar-refractivity contribution in [2.24, 2.45) is 0 Å². The second-order valence-corrected chi connectivity index (χ2v) is 7.19. The number of nitrogens with two attached hydrogens (primary N) is 1. The van der Waals surface area contributed by atoms with Gasteiger partial charge in [0.25, 0.3) is 0 Å². The standard InChI is InChI=1S/C12H18BrNO2S/c1-2-3-4-7-17(15,16)9-10-5-6-11(13)12(14)8-10/h5-6,8H,2-4,7,9,14H2,1H3. The Balaban J connectivity index is 2.66. The predicted molar refractivity (Wildman–Crippen MR) is 75.6 cm³/mol. The Morgan fingerprint density at radius 1 is 1.29 bits per heavy atom. The highest BCUT2D eigenvalue weighted by atomic mass is 79.9. The first kappa shape index (κ1) is 14.5. The van der Waals surface area contributed by atoms with Crippen LogP contribution in [0.25, 0.3) is 0 Å². The fourth-order valence-corrected chi connectivity index (χ4v) is 3.30. The molecule has 17 heavy (non-hydrogen) atoms. The molecule has 0 aromatic heterocycles. The van der Waals surface area contributed by atoms with Gasteiger partial charge in [-0.05, 0) is 40.0 Å². The van der Waals surface area contributed by atoms with E-state index in [9.17, 15) is 8.42 Å². The van der Waals surface area contributed by atoms with Crippen LogP contribution in [-0.2, 0) is 15.6 Å². The number of nitrogen functional groups attached to an aromatic ring is 1. The van der Waals surface area contributed by atoms with Gasteiger partial charge in [0.1, 0.15) is 0 Å². The molecule has 0 saturated heterocycles. The van der Waals surface area contributed by atoms with Gasteiger partial charge in [0.15, 0.2) is 9.84 Å². The summed E-state index contributed by atoms with van der Waals surface area (Å²) in [5.41, 5.74) is 7.05. The minimum absolute atomic E-state index is 0.0776. The summed E-state index contributed by atoms with van der Waals surface area (Å²) in [7, 11) is -3.01. The van der Waals surface area contributed by atoms with Crippen LogP contribution < -0.4 is 5.73 Å². The summed E-state index contributed by atoms with van der Waals surface area (Å²) in [5.74, 6) is 0.338. The van der Waals surface area contributed by atoms with Gasteiger partial charge in [-0.15, -0.1) is 0 Å². The van der Waals surface area contributed by atoms with Crippen LogP contribution in [0.4, 0.5) is 5.69 Å². The smallest absolute Gasteiger partial charge is 0.154 e. The second kappa shape index (κ2) is 6.40. The maximum absolute atomic E-state index is 11.8. The van der Waals surface area contributed by atoms with Gasteiger partial charge >= 0.3 is 0 Å². The molecule has 0 atom stereocenters. The van der Waals surface area contributed by atoms with Crippen molar-refractivity contribution in [3.63, 3.8) is 0 Å². The number of benzene rings is 1. The average Bonchev–Trinajstić information content (AvgIpc) is 2.23. The fraction of sp³-hybridized carbons (Fsp3) is 0.500. The molecule has 0 bridgehead atoms. The van der Waals surface area contributed by atoms with Crippen molar-refractivity contribution in [3.8, 4) is 0 Å². The highest BCUT2D eigenvalue weighted by Crippen LogP contribution is 2.21. The van der Waals surface area contributed by atoms with Crippen LogP contribution in [0, 0.1) is 0 Å². The Morgan fingerprint density at radius 2 is 2.00 bits per heavy atom. The fourth-order valence-electron chi connectivity index (χ4n) is 1.58. The first-order valence-electron chi connectivity index (χ1n) is 5.69. The van der Waals surface area contributed by atoms with E-state index in [2.05, 4.69) is 22.9 Å². The number of anilines is 1. The molecule has 96 valence electrons. The SMILES string of the molecule is CCCCCS(=O)(=O)Cc1ccc(Br)c(N)c1. The van der Waals surface area contributed by atoms with Crippen molar-refractivity contribution in [2.75, 3.05) is 11.5 Å². The van der Waals surface area contributed by atoms with E-state index in [1.165, 1.54) is 0 Å². The summed E-state index contributed by atoms with van der Waals surface area (Å²) in [6.45, 7) is 2.06. The van der Waals surface area contributed by atoms with Crippen LogP contribution in [0.1, 0.15) is 31.7 Å². The molecular weight excluding hydrogens is 302 g/mol. The Labute approximate surface area is 111 Å². The van der Waals surface area contributed by atoms with Crippen molar-refractivity contribution in [1.29, 1.82) is 0 Å². The van der Waals surface area contributed by atoms with Crippen molar-refractivity contribution >= 4 is 31.5 Å². The largest absolute Gasteiger partial charge is 0.398 e. The number of halogens is 1. The van der Waals surface area contributed by atoms with Crippen molar-refractivity contribution in [3.05, 3.63) is 28.2 Å². The van der Waals surface area contributed by atoms with Crippen molar-refractivity contribution in [2.45, 2.75) is 31.9 Å². The molecule has 0 amide bonds. The highest BCUT2D eigenvalue weighted by molar-refractivity contribution is 9.10. The van der Waals surface area contributed by atoms with E-state index in [-0.39, 0.29) is 11.5 Å². The van der Waals surface area contributed by atoms with Gasteiger partial charge in [0.05, 0.1) is 11.5 Å². The summed E-state index contributed by atoms with van der Waals surface area (Å²) in [6.07, 6.45) is 2.73. The van der Waals surface area contributed by atoms with Gasteiger partial charge in [-0.1, -0.05) is 25.8 Å². The molecule has 1 rings (SSSR count).